The summed E-state index contributed by atoms with van der Waals surface area (Å²) in [5.74, 6) is 0. The normalized spacial score (nSPS) is 27.5. The van der Waals surface area contributed by atoms with Gasteiger partial charge in [0.05, 0.1) is 6.10 Å². The molecule has 2 nitrogen and oxygen atoms in total. The number of nitrogens with one attached hydrogen (secondary N) is 1. The summed E-state index contributed by atoms with van der Waals surface area (Å²) < 4.78 is 5.79. The summed E-state index contributed by atoms with van der Waals surface area (Å²) in [7, 11) is 0. The van der Waals surface area contributed by atoms with E-state index < -0.39 is 0 Å². The van der Waals surface area contributed by atoms with Crippen molar-refractivity contribution in [3.63, 3.8) is 0 Å². The Morgan fingerprint density at radius 1 is 1.17 bits per heavy atom. The first-order chi connectivity index (χ1) is 8.85. The zero-order valence-electron chi connectivity index (χ0n) is 12.2. The summed E-state index contributed by atoms with van der Waals surface area (Å²) >= 11 is 0. The van der Waals surface area contributed by atoms with Crippen LogP contribution in [0.1, 0.15) is 71.1 Å². The molecule has 0 aromatic rings. The van der Waals surface area contributed by atoms with Crippen molar-refractivity contribution >= 4 is 0 Å². The molecule has 0 amide bonds. The van der Waals surface area contributed by atoms with Gasteiger partial charge in [0.25, 0.3) is 0 Å². The number of hydrogen-bond acceptors (Lipinski definition) is 2. The lowest BCUT2D eigenvalue weighted by Crippen LogP contribution is -2.37. The molecule has 2 rings (SSSR count). The summed E-state index contributed by atoms with van der Waals surface area (Å²) in [6.45, 7) is 5.69. The van der Waals surface area contributed by atoms with Gasteiger partial charge < -0.3 is 10.1 Å². The van der Waals surface area contributed by atoms with Crippen LogP contribution in [0.2, 0.25) is 0 Å². The minimum Gasteiger partial charge on any atom is -0.378 e. The maximum atomic E-state index is 5.79. The molecule has 0 aromatic carbocycles. The Hall–Kier alpha value is -0.0800. The maximum absolute atomic E-state index is 5.79. The Balaban J connectivity index is 1.78. The first-order valence-corrected chi connectivity index (χ1v) is 8.17. The number of ether oxygens (including phenoxy) is 1. The molecule has 1 heterocycles. The van der Waals surface area contributed by atoms with Crippen LogP contribution in [0, 0.1) is 5.41 Å². The van der Waals surface area contributed by atoms with Crippen LogP contribution in [0.5, 0.6) is 0 Å². The second-order valence-electron chi connectivity index (χ2n) is 6.41. The molecule has 18 heavy (non-hydrogen) atoms. The lowest BCUT2D eigenvalue weighted by molar-refractivity contribution is 0.0761. The SMILES string of the molecule is CCCNCC1(CCC2CCCO2)CCCCC1. The van der Waals surface area contributed by atoms with Gasteiger partial charge in [0.15, 0.2) is 0 Å². The molecular weight excluding hydrogens is 222 g/mol. The van der Waals surface area contributed by atoms with Gasteiger partial charge in [0, 0.05) is 13.2 Å². The quantitative estimate of drug-likeness (QED) is 0.695. The molecule has 1 atom stereocenters. The summed E-state index contributed by atoms with van der Waals surface area (Å²) in [5, 5.41) is 3.68. The third-order valence-electron chi connectivity index (χ3n) is 4.86. The topological polar surface area (TPSA) is 21.3 Å². The van der Waals surface area contributed by atoms with E-state index in [4.69, 9.17) is 4.74 Å². The highest BCUT2D eigenvalue weighted by atomic mass is 16.5. The van der Waals surface area contributed by atoms with Crippen molar-refractivity contribution in [2.45, 2.75) is 77.2 Å². The van der Waals surface area contributed by atoms with Gasteiger partial charge in [-0.25, -0.2) is 0 Å². The van der Waals surface area contributed by atoms with Gasteiger partial charge >= 0.3 is 0 Å². The summed E-state index contributed by atoms with van der Waals surface area (Å²) in [4.78, 5) is 0. The van der Waals surface area contributed by atoms with Crippen molar-refractivity contribution in [2.24, 2.45) is 5.41 Å². The van der Waals surface area contributed by atoms with Gasteiger partial charge in [-0.15, -0.1) is 0 Å². The Kier molecular flexibility index (Phi) is 5.97. The predicted molar refractivity (Wildman–Crippen MR) is 76.9 cm³/mol. The monoisotopic (exact) mass is 253 g/mol. The van der Waals surface area contributed by atoms with Crippen LogP contribution in [0.3, 0.4) is 0 Å². The van der Waals surface area contributed by atoms with E-state index in [1.165, 1.54) is 77.3 Å². The minimum atomic E-state index is 0.579. The molecule has 1 N–H and O–H groups in total. The van der Waals surface area contributed by atoms with Crippen molar-refractivity contribution in [1.29, 1.82) is 0 Å². The van der Waals surface area contributed by atoms with Crippen LogP contribution in [-0.2, 0) is 4.74 Å². The highest BCUT2D eigenvalue weighted by Crippen LogP contribution is 2.40. The number of hydrogen-bond donors (Lipinski definition) is 1. The van der Waals surface area contributed by atoms with Gasteiger partial charge in [-0.1, -0.05) is 26.2 Å². The van der Waals surface area contributed by atoms with Crippen LogP contribution in [-0.4, -0.2) is 25.8 Å². The van der Waals surface area contributed by atoms with E-state index in [0.717, 1.165) is 6.61 Å². The molecule has 2 fully saturated rings. The lowest BCUT2D eigenvalue weighted by atomic mass is 9.70. The largest absolute Gasteiger partial charge is 0.378 e. The van der Waals surface area contributed by atoms with Crippen molar-refractivity contribution in [2.75, 3.05) is 19.7 Å². The average Bonchev–Trinajstić information content (AvgIpc) is 2.91. The van der Waals surface area contributed by atoms with E-state index in [0.29, 0.717) is 11.5 Å². The lowest BCUT2D eigenvalue weighted by Gasteiger charge is -2.38. The molecule has 2 heteroatoms. The first-order valence-electron chi connectivity index (χ1n) is 8.17. The molecule has 0 radical (unpaired) electrons. The van der Waals surface area contributed by atoms with Crippen molar-refractivity contribution in [3.05, 3.63) is 0 Å². The van der Waals surface area contributed by atoms with Gasteiger partial charge in [-0.3, -0.25) is 0 Å². The Morgan fingerprint density at radius 2 is 2.00 bits per heavy atom. The van der Waals surface area contributed by atoms with Crippen molar-refractivity contribution < 1.29 is 4.74 Å². The van der Waals surface area contributed by atoms with Gasteiger partial charge in [-0.05, 0) is 56.9 Å². The van der Waals surface area contributed by atoms with E-state index in [9.17, 15) is 0 Å². The predicted octanol–water partition coefficient (Wildman–Crippen LogP) is 3.90. The van der Waals surface area contributed by atoms with Crippen LogP contribution < -0.4 is 5.32 Å². The standard InChI is InChI=1S/C16H31NO/c1-2-12-17-14-16(9-4-3-5-10-16)11-8-15-7-6-13-18-15/h15,17H,2-14H2,1H3. The molecule has 106 valence electrons. The highest BCUT2D eigenvalue weighted by molar-refractivity contribution is 4.86. The molecular formula is C16H31NO. The Bertz CT molecular complexity index is 217. The Morgan fingerprint density at radius 3 is 2.67 bits per heavy atom. The third-order valence-corrected chi connectivity index (χ3v) is 4.86. The molecule has 1 unspecified atom stereocenters. The fourth-order valence-corrected chi connectivity index (χ4v) is 3.69. The molecule has 1 aliphatic carbocycles. The molecule has 1 saturated carbocycles. The van der Waals surface area contributed by atoms with E-state index in [-0.39, 0.29) is 0 Å². The molecule has 0 spiro atoms. The molecule has 1 aliphatic heterocycles. The molecule has 0 aromatic heterocycles. The smallest absolute Gasteiger partial charge is 0.0576 e. The maximum Gasteiger partial charge on any atom is 0.0576 e. The number of rotatable bonds is 7. The fourth-order valence-electron chi connectivity index (χ4n) is 3.69. The second-order valence-corrected chi connectivity index (χ2v) is 6.41. The third kappa shape index (κ3) is 4.24. The molecule has 2 aliphatic rings. The van der Waals surface area contributed by atoms with Gasteiger partial charge in [0.2, 0.25) is 0 Å². The first kappa shape index (κ1) is 14.3. The van der Waals surface area contributed by atoms with E-state index in [1.54, 1.807) is 0 Å². The fraction of sp³-hybridized carbons (Fsp3) is 1.00. The van der Waals surface area contributed by atoms with Crippen molar-refractivity contribution in [1.82, 2.24) is 5.32 Å². The zero-order valence-corrected chi connectivity index (χ0v) is 12.2. The Labute approximate surface area is 113 Å². The molecule has 0 bridgehead atoms. The van der Waals surface area contributed by atoms with E-state index in [1.807, 2.05) is 0 Å². The van der Waals surface area contributed by atoms with Crippen LogP contribution in [0.15, 0.2) is 0 Å². The van der Waals surface area contributed by atoms with Crippen molar-refractivity contribution in [3.8, 4) is 0 Å². The summed E-state index contributed by atoms with van der Waals surface area (Å²) in [6.07, 6.45) is 14.3. The average molecular weight is 253 g/mol. The van der Waals surface area contributed by atoms with Crippen LogP contribution in [0.25, 0.3) is 0 Å². The van der Waals surface area contributed by atoms with Gasteiger partial charge in [0.1, 0.15) is 0 Å². The minimum absolute atomic E-state index is 0.579. The summed E-state index contributed by atoms with van der Waals surface area (Å²) in [6, 6.07) is 0. The summed E-state index contributed by atoms with van der Waals surface area (Å²) in [5.41, 5.74) is 0.597. The van der Waals surface area contributed by atoms with E-state index in [2.05, 4.69) is 12.2 Å². The van der Waals surface area contributed by atoms with Crippen LogP contribution >= 0.6 is 0 Å². The second kappa shape index (κ2) is 7.49. The van der Waals surface area contributed by atoms with Gasteiger partial charge in [-0.2, -0.15) is 0 Å². The molecule has 1 saturated heterocycles. The van der Waals surface area contributed by atoms with E-state index >= 15 is 0 Å². The zero-order chi connectivity index (χ0) is 12.7. The highest BCUT2D eigenvalue weighted by Gasteiger charge is 2.32. The van der Waals surface area contributed by atoms with Crippen LogP contribution in [0.4, 0.5) is 0 Å².